The predicted octanol–water partition coefficient (Wildman–Crippen LogP) is 3.05. The molecule has 0 saturated heterocycles. The predicted molar refractivity (Wildman–Crippen MR) is 65.7 cm³/mol. The summed E-state index contributed by atoms with van der Waals surface area (Å²) in [4.78, 5) is 11.6. The van der Waals surface area contributed by atoms with Crippen molar-refractivity contribution in [3.8, 4) is 5.69 Å². The zero-order chi connectivity index (χ0) is 14.4. The zero-order valence-corrected chi connectivity index (χ0v) is 11.3. The van der Waals surface area contributed by atoms with Crippen molar-refractivity contribution in [1.29, 1.82) is 0 Å². The van der Waals surface area contributed by atoms with Gasteiger partial charge in [0.2, 0.25) is 5.89 Å². The Balaban J connectivity index is 2.67. The molecule has 102 valence electrons. The van der Waals surface area contributed by atoms with E-state index in [9.17, 15) is 13.6 Å². The maximum atomic E-state index is 13.7. The van der Waals surface area contributed by atoms with E-state index >= 15 is 0 Å². The van der Waals surface area contributed by atoms with Crippen LogP contribution in [0.5, 0.6) is 0 Å². The minimum Gasteiger partial charge on any atom is -0.391 e. The normalized spacial score (nSPS) is 11.9. The molecule has 1 aromatic heterocycles. The van der Waals surface area contributed by atoms with E-state index in [1.807, 2.05) is 0 Å². The first kappa shape index (κ1) is 13.7. The van der Waals surface area contributed by atoms with E-state index in [-0.39, 0.29) is 10.9 Å². The Kier molecular flexibility index (Phi) is 3.22. The highest BCUT2D eigenvalue weighted by molar-refractivity contribution is 6.30. The van der Waals surface area contributed by atoms with Crippen LogP contribution >= 0.6 is 11.6 Å². The first-order chi connectivity index (χ1) is 8.70. The van der Waals surface area contributed by atoms with Gasteiger partial charge in [0.1, 0.15) is 5.69 Å². The lowest BCUT2D eigenvalue weighted by molar-refractivity contribution is 0.375. The van der Waals surface area contributed by atoms with Gasteiger partial charge in [0.15, 0.2) is 11.6 Å². The Morgan fingerprint density at radius 3 is 2.21 bits per heavy atom. The van der Waals surface area contributed by atoms with Crippen LogP contribution in [0.3, 0.4) is 0 Å². The van der Waals surface area contributed by atoms with Crippen molar-refractivity contribution in [2.45, 2.75) is 26.2 Å². The van der Waals surface area contributed by atoms with Crippen molar-refractivity contribution in [2.24, 2.45) is 0 Å². The van der Waals surface area contributed by atoms with Crippen LogP contribution in [0.15, 0.2) is 21.3 Å². The van der Waals surface area contributed by atoms with E-state index in [4.69, 9.17) is 16.0 Å². The molecule has 4 nitrogen and oxygen atoms in total. The molecule has 0 spiro atoms. The first-order valence-electron chi connectivity index (χ1n) is 5.45. The van der Waals surface area contributed by atoms with Crippen molar-refractivity contribution >= 4 is 11.6 Å². The Morgan fingerprint density at radius 2 is 1.79 bits per heavy atom. The molecule has 0 atom stereocenters. The van der Waals surface area contributed by atoms with Crippen LogP contribution in [0.25, 0.3) is 5.69 Å². The minimum atomic E-state index is -0.985. The summed E-state index contributed by atoms with van der Waals surface area (Å²) in [5.41, 5.74) is -1.15. The van der Waals surface area contributed by atoms with Crippen molar-refractivity contribution in [1.82, 2.24) is 9.78 Å². The number of nitrogens with zero attached hydrogens (tertiary/aromatic N) is 2. The molecule has 1 aromatic carbocycles. The molecule has 0 fully saturated rings. The van der Waals surface area contributed by atoms with Crippen LogP contribution in [0, 0.1) is 11.6 Å². The SMILES string of the molecule is CC(C)(C)c1nn(-c2c(F)cc(Cl)cc2F)c(=O)o1. The molecule has 2 aromatic rings. The minimum absolute atomic E-state index is 0.0891. The van der Waals surface area contributed by atoms with Crippen LogP contribution in [0.4, 0.5) is 8.78 Å². The average molecular weight is 289 g/mol. The van der Waals surface area contributed by atoms with Crippen LogP contribution in [0.1, 0.15) is 26.7 Å². The number of rotatable bonds is 1. The number of halogens is 3. The lowest BCUT2D eigenvalue weighted by Crippen LogP contribution is -2.17. The fraction of sp³-hybridized carbons (Fsp3) is 0.333. The van der Waals surface area contributed by atoms with Crippen molar-refractivity contribution in [3.05, 3.63) is 45.2 Å². The Bertz CT molecular complexity index is 663. The molecule has 2 rings (SSSR count). The van der Waals surface area contributed by atoms with Gasteiger partial charge in [0.25, 0.3) is 0 Å². The summed E-state index contributed by atoms with van der Waals surface area (Å²) >= 11 is 5.52. The largest absolute Gasteiger partial charge is 0.442 e. The van der Waals surface area contributed by atoms with Gasteiger partial charge in [0.05, 0.1) is 0 Å². The van der Waals surface area contributed by atoms with Crippen molar-refractivity contribution < 1.29 is 13.2 Å². The Morgan fingerprint density at radius 1 is 1.26 bits per heavy atom. The second kappa shape index (κ2) is 4.45. The lowest BCUT2D eigenvalue weighted by Gasteiger charge is -2.11. The third-order valence-corrected chi connectivity index (χ3v) is 2.60. The molecule has 0 aliphatic heterocycles. The quantitative estimate of drug-likeness (QED) is 0.810. The molecule has 7 heteroatoms. The van der Waals surface area contributed by atoms with Gasteiger partial charge in [-0.2, -0.15) is 4.68 Å². The van der Waals surface area contributed by atoms with E-state index in [2.05, 4.69) is 5.10 Å². The van der Waals surface area contributed by atoms with Gasteiger partial charge in [-0.15, -0.1) is 5.10 Å². The van der Waals surface area contributed by atoms with Gasteiger partial charge in [-0.25, -0.2) is 13.6 Å². The third kappa shape index (κ3) is 2.53. The molecule has 1 heterocycles. The standard InChI is InChI=1S/C12H11ClF2N2O2/c1-12(2,3)10-16-17(11(18)19-10)9-7(14)4-6(13)5-8(9)15/h4-5H,1-3H3. The van der Waals surface area contributed by atoms with Crippen LogP contribution in [-0.2, 0) is 5.41 Å². The second-order valence-electron chi connectivity index (χ2n) is 5.05. The molecule has 19 heavy (non-hydrogen) atoms. The molecule has 0 aliphatic rings. The third-order valence-electron chi connectivity index (χ3n) is 2.38. The van der Waals surface area contributed by atoms with Crippen LogP contribution in [0.2, 0.25) is 5.02 Å². The van der Waals surface area contributed by atoms with Crippen molar-refractivity contribution in [3.63, 3.8) is 0 Å². The zero-order valence-electron chi connectivity index (χ0n) is 10.5. The van der Waals surface area contributed by atoms with E-state index in [0.717, 1.165) is 12.1 Å². The highest BCUT2D eigenvalue weighted by atomic mass is 35.5. The van der Waals surface area contributed by atoms with Gasteiger partial charge in [-0.1, -0.05) is 32.4 Å². The number of hydrogen-bond acceptors (Lipinski definition) is 3. The smallest absolute Gasteiger partial charge is 0.391 e. The van der Waals surface area contributed by atoms with Crippen LogP contribution in [-0.4, -0.2) is 9.78 Å². The van der Waals surface area contributed by atoms with Crippen LogP contribution < -0.4 is 5.76 Å². The summed E-state index contributed by atoms with van der Waals surface area (Å²) in [6.07, 6.45) is 0. The summed E-state index contributed by atoms with van der Waals surface area (Å²) in [6, 6.07) is 1.80. The van der Waals surface area contributed by atoms with E-state index in [1.54, 1.807) is 20.8 Å². The Labute approximate surface area is 112 Å². The summed E-state index contributed by atoms with van der Waals surface area (Å²) in [5, 5.41) is 3.71. The number of hydrogen-bond donors (Lipinski definition) is 0. The molecule has 0 unspecified atom stereocenters. The highest BCUT2D eigenvalue weighted by Crippen LogP contribution is 2.23. The number of benzene rings is 1. The van der Waals surface area contributed by atoms with Gasteiger partial charge in [-0.3, -0.25) is 0 Å². The topological polar surface area (TPSA) is 48.0 Å². The second-order valence-corrected chi connectivity index (χ2v) is 5.49. The highest BCUT2D eigenvalue weighted by Gasteiger charge is 2.25. The summed E-state index contributed by atoms with van der Waals surface area (Å²) < 4.78 is 32.9. The Hall–Kier alpha value is -1.69. The molecule has 0 radical (unpaired) electrons. The molecular weight excluding hydrogens is 278 g/mol. The first-order valence-corrected chi connectivity index (χ1v) is 5.83. The molecule has 0 amide bonds. The monoisotopic (exact) mass is 288 g/mol. The maximum Gasteiger partial charge on any atom is 0.442 e. The fourth-order valence-corrected chi connectivity index (χ4v) is 1.65. The van der Waals surface area contributed by atoms with E-state index in [0.29, 0.717) is 4.68 Å². The lowest BCUT2D eigenvalue weighted by atomic mass is 9.97. The maximum absolute atomic E-state index is 13.7. The molecule has 0 aliphatic carbocycles. The van der Waals surface area contributed by atoms with E-state index < -0.39 is 28.5 Å². The summed E-state index contributed by atoms with van der Waals surface area (Å²) in [6.45, 7) is 5.28. The summed E-state index contributed by atoms with van der Waals surface area (Å²) in [5.74, 6) is -2.84. The number of aromatic nitrogens is 2. The van der Waals surface area contributed by atoms with Gasteiger partial charge >= 0.3 is 5.76 Å². The van der Waals surface area contributed by atoms with Gasteiger partial charge in [-0.05, 0) is 12.1 Å². The molecular formula is C12H11ClF2N2O2. The fourth-order valence-electron chi connectivity index (χ4n) is 1.46. The average Bonchev–Trinajstić information content (AvgIpc) is 2.59. The van der Waals surface area contributed by atoms with Crippen molar-refractivity contribution in [2.75, 3.05) is 0 Å². The molecule has 0 saturated carbocycles. The molecule has 0 N–H and O–H groups in total. The van der Waals surface area contributed by atoms with E-state index in [1.165, 1.54) is 0 Å². The van der Waals surface area contributed by atoms with Gasteiger partial charge < -0.3 is 4.42 Å². The molecule has 0 bridgehead atoms. The van der Waals surface area contributed by atoms with Gasteiger partial charge in [0, 0.05) is 10.4 Å². The summed E-state index contributed by atoms with van der Waals surface area (Å²) in [7, 11) is 0.